The van der Waals surface area contributed by atoms with Gasteiger partial charge in [0, 0.05) is 25.8 Å². The highest BCUT2D eigenvalue weighted by atomic mass is 19.1. The fourth-order valence-electron chi connectivity index (χ4n) is 3.20. The van der Waals surface area contributed by atoms with Gasteiger partial charge in [0.2, 0.25) is 17.7 Å². The molecule has 7 nitrogen and oxygen atoms in total. The number of hydrogen-bond donors (Lipinski definition) is 1. The summed E-state index contributed by atoms with van der Waals surface area (Å²) < 4.78 is 24.0. The molecule has 0 radical (unpaired) electrons. The first kappa shape index (κ1) is 22.1. The van der Waals surface area contributed by atoms with Crippen LogP contribution in [0.15, 0.2) is 52.9 Å². The maximum absolute atomic E-state index is 13.1. The third kappa shape index (κ3) is 6.47. The average molecular weight is 425 g/mol. The van der Waals surface area contributed by atoms with Crippen LogP contribution >= 0.6 is 0 Å². The summed E-state index contributed by atoms with van der Waals surface area (Å²) >= 11 is 0. The number of hydrogen-bond acceptors (Lipinski definition) is 6. The molecule has 0 aliphatic carbocycles. The predicted octanol–water partition coefficient (Wildman–Crippen LogP) is 3.03. The maximum Gasteiger partial charge on any atom is 0.229 e. The molecule has 0 saturated heterocycles. The summed E-state index contributed by atoms with van der Waals surface area (Å²) in [6.45, 7) is 0. The largest absolute Gasteiger partial charge is 0.497 e. The van der Waals surface area contributed by atoms with E-state index in [1.54, 1.807) is 19.2 Å². The van der Waals surface area contributed by atoms with Crippen LogP contribution in [-0.4, -0.2) is 36.0 Å². The minimum atomic E-state index is -0.354. The number of amides is 1. The molecular weight excluding hydrogens is 401 g/mol. The molecule has 0 aliphatic rings. The van der Waals surface area contributed by atoms with E-state index in [-0.39, 0.29) is 48.6 Å². The molecule has 3 aromatic rings. The predicted molar refractivity (Wildman–Crippen MR) is 111 cm³/mol. The van der Waals surface area contributed by atoms with Crippen molar-refractivity contribution in [2.45, 2.75) is 31.6 Å². The number of nitrogens with zero attached hydrogens (tertiary/aromatic N) is 2. The van der Waals surface area contributed by atoms with Crippen LogP contribution < -0.4 is 10.1 Å². The van der Waals surface area contributed by atoms with E-state index in [2.05, 4.69) is 15.5 Å². The third-order valence-electron chi connectivity index (χ3n) is 4.85. The lowest BCUT2D eigenvalue weighted by molar-refractivity contribution is -0.120. The fourth-order valence-corrected chi connectivity index (χ4v) is 3.20. The number of rotatable bonds is 10. The van der Waals surface area contributed by atoms with Gasteiger partial charge in [-0.05, 0) is 41.8 Å². The first-order valence-corrected chi connectivity index (χ1v) is 9.88. The number of ketones is 1. The highest BCUT2D eigenvalue weighted by molar-refractivity contribution is 5.81. The topological polar surface area (TPSA) is 94.3 Å². The lowest BCUT2D eigenvalue weighted by atomic mass is 9.92. The quantitative estimate of drug-likeness (QED) is 0.537. The Morgan fingerprint density at radius 3 is 2.35 bits per heavy atom. The Labute approximate surface area is 179 Å². The lowest BCUT2D eigenvalue weighted by Crippen LogP contribution is -2.20. The van der Waals surface area contributed by atoms with Gasteiger partial charge in [0.1, 0.15) is 23.8 Å². The van der Waals surface area contributed by atoms with Crippen LogP contribution in [0.2, 0.25) is 0 Å². The summed E-state index contributed by atoms with van der Waals surface area (Å²) in [4.78, 5) is 24.3. The zero-order valence-electron chi connectivity index (χ0n) is 17.4. The second kappa shape index (κ2) is 10.5. The van der Waals surface area contributed by atoms with E-state index in [0.717, 1.165) is 16.9 Å². The molecule has 0 unspecified atom stereocenters. The first-order chi connectivity index (χ1) is 15.0. The molecule has 1 aromatic heterocycles. The Balaban J connectivity index is 1.76. The molecule has 1 amide bonds. The van der Waals surface area contributed by atoms with Crippen molar-refractivity contribution in [3.8, 4) is 5.75 Å². The molecule has 0 fully saturated rings. The Hall–Kier alpha value is -3.55. The van der Waals surface area contributed by atoms with Crippen molar-refractivity contribution < 1.29 is 23.1 Å². The van der Waals surface area contributed by atoms with Gasteiger partial charge in [-0.2, -0.15) is 0 Å². The first-order valence-electron chi connectivity index (χ1n) is 9.88. The standard InChI is InChI=1S/C23H24FN3O4/c1-25-21(29)14-22-26-27-23(31-22)17(11-15-5-9-20(30-2)10-6-15)13-19(28)12-16-3-7-18(24)8-4-16/h3-10,17H,11-14H2,1-2H3,(H,25,29)/t17-/m1/s1. The van der Waals surface area contributed by atoms with Crippen LogP contribution in [-0.2, 0) is 28.9 Å². The number of likely N-dealkylation sites (N-methyl/N-ethyl adjacent to an activating group) is 1. The zero-order chi connectivity index (χ0) is 22.2. The highest BCUT2D eigenvalue weighted by Gasteiger charge is 2.23. The monoisotopic (exact) mass is 425 g/mol. The molecule has 0 bridgehead atoms. The van der Waals surface area contributed by atoms with E-state index in [0.29, 0.717) is 12.3 Å². The van der Waals surface area contributed by atoms with E-state index in [1.165, 1.54) is 19.2 Å². The van der Waals surface area contributed by atoms with Crippen LogP contribution in [0.1, 0.15) is 35.2 Å². The van der Waals surface area contributed by atoms with Crippen molar-refractivity contribution in [2.75, 3.05) is 14.2 Å². The third-order valence-corrected chi connectivity index (χ3v) is 4.85. The van der Waals surface area contributed by atoms with Gasteiger partial charge in [-0.25, -0.2) is 4.39 Å². The van der Waals surface area contributed by atoms with Gasteiger partial charge in [0.15, 0.2) is 0 Å². The van der Waals surface area contributed by atoms with Crippen molar-refractivity contribution in [1.29, 1.82) is 0 Å². The zero-order valence-corrected chi connectivity index (χ0v) is 17.4. The Kier molecular flexibility index (Phi) is 7.48. The van der Waals surface area contributed by atoms with Crippen LogP contribution in [0, 0.1) is 5.82 Å². The molecule has 162 valence electrons. The van der Waals surface area contributed by atoms with E-state index >= 15 is 0 Å². The van der Waals surface area contributed by atoms with Gasteiger partial charge in [-0.15, -0.1) is 10.2 Å². The molecule has 1 atom stereocenters. The minimum Gasteiger partial charge on any atom is -0.497 e. The molecule has 1 N–H and O–H groups in total. The average Bonchev–Trinajstić information content (AvgIpc) is 3.23. The second-order valence-corrected chi connectivity index (χ2v) is 7.18. The molecule has 0 spiro atoms. The van der Waals surface area contributed by atoms with Crippen molar-refractivity contribution in [3.05, 3.63) is 77.3 Å². The van der Waals surface area contributed by atoms with Gasteiger partial charge in [0.05, 0.1) is 7.11 Å². The summed E-state index contributed by atoms with van der Waals surface area (Å²) in [7, 11) is 3.12. The summed E-state index contributed by atoms with van der Waals surface area (Å²) in [6, 6.07) is 13.4. The smallest absolute Gasteiger partial charge is 0.229 e. The number of halogens is 1. The van der Waals surface area contributed by atoms with Gasteiger partial charge in [-0.1, -0.05) is 24.3 Å². The van der Waals surface area contributed by atoms with Crippen LogP contribution in [0.3, 0.4) is 0 Å². The van der Waals surface area contributed by atoms with Crippen molar-refractivity contribution in [3.63, 3.8) is 0 Å². The van der Waals surface area contributed by atoms with Crippen molar-refractivity contribution in [2.24, 2.45) is 0 Å². The summed E-state index contributed by atoms with van der Waals surface area (Å²) in [5.74, 6) is 0.265. The number of ether oxygens (including phenoxy) is 1. The number of carbonyl (C=O) groups excluding carboxylic acids is 2. The van der Waals surface area contributed by atoms with Crippen molar-refractivity contribution in [1.82, 2.24) is 15.5 Å². The number of carbonyl (C=O) groups is 2. The molecule has 2 aromatic carbocycles. The lowest BCUT2D eigenvalue weighted by Gasteiger charge is -2.13. The van der Waals surface area contributed by atoms with Crippen LogP contribution in [0.25, 0.3) is 0 Å². The van der Waals surface area contributed by atoms with Gasteiger partial charge >= 0.3 is 0 Å². The van der Waals surface area contributed by atoms with Gasteiger partial charge in [-0.3, -0.25) is 9.59 Å². The maximum atomic E-state index is 13.1. The van der Waals surface area contributed by atoms with E-state index in [1.807, 2.05) is 24.3 Å². The highest BCUT2D eigenvalue weighted by Crippen LogP contribution is 2.26. The summed E-state index contributed by atoms with van der Waals surface area (Å²) in [5.41, 5.74) is 1.71. The SMILES string of the molecule is CNC(=O)Cc1nnc([C@@H](CC(=O)Cc2ccc(F)cc2)Cc2ccc(OC)cc2)o1. The molecular formula is C23H24FN3O4. The van der Waals surface area contributed by atoms with E-state index < -0.39 is 0 Å². The van der Waals surface area contributed by atoms with Crippen LogP contribution in [0.4, 0.5) is 4.39 Å². The van der Waals surface area contributed by atoms with Gasteiger partial charge < -0.3 is 14.5 Å². The Morgan fingerprint density at radius 1 is 1.03 bits per heavy atom. The Morgan fingerprint density at radius 2 is 1.71 bits per heavy atom. The number of nitrogens with one attached hydrogen (secondary N) is 1. The molecule has 1 heterocycles. The minimum absolute atomic E-state index is 0.0255. The molecule has 3 rings (SSSR count). The van der Waals surface area contributed by atoms with E-state index in [9.17, 15) is 14.0 Å². The molecule has 0 saturated carbocycles. The van der Waals surface area contributed by atoms with Crippen LogP contribution in [0.5, 0.6) is 5.75 Å². The Bertz CT molecular complexity index is 1020. The second-order valence-electron chi connectivity index (χ2n) is 7.18. The fraction of sp³-hybridized carbons (Fsp3) is 0.304. The number of methoxy groups -OCH3 is 1. The summed E-state index contributed by atoms with van der Waals surface area (Å²) in [6.07, 6.45) is 0.826. The molecule has 0 aliphatic heterocycles. The number of benzene rings is 2. The molecule has 8 heteroatoms. The number of aromatic nitrogens is 2. The number of Topliss-reactive ketones (excluding diaryl/α,β-unsaturated/α-hetero) is 1. The van der Waals surface area contributed by atoms with E-state index in [4.69, 9.17) is 9.15 Å². The van der Waals surface area contributed by atoms with Gasteiger partial charge in [0.25, 0.3) is 0 Å². The summed E-state index contributed by atoms with van der Waals surface area (Å²) in [5, 5.41) is 10.5. The molecule has 31 heavy (non-hydrogen) atoms. The normalized spacial score (nSPS) is 11.7. The van der Waals surface area contributed by atoms with Crippen molar-refractivity contribution >= 4 is 11.7 Å².